The third-order valence-corrected chi connectivity index (χ3v) is 5.13. The molecule has 0 bridgehead atoms. The van der Waals surface area contributed by atoms with Crippen molar-refractivity contribution >= 4 is 0 Å². The number of halogens is 2. The summed E-state index contributed by atoms with van der Waals surface area (Å²) in [6.45, 7) is 2.44. The molecule has 0 aliphatic carbocycles. The standard InChI is InChI=1S/C21H21F2N3O/c22-18-7-2-8-19(23)20(18)17-11-24-25-21(17)15-5-3-9-26(13-15)12-14-4-1-6-16(27)10-14/h1-2,4,6-8,10-11,15,27H,3,5,9,12-13H2,(H,24,25)/t15-/m0/s1. The molecule has 6 heteroatoms. The Morgan fingerprint density at radius 2 is 1.93 bits per heavy atom. The zero-order valence-corrected chi connectivity index (χ0v) is 14.8. The van der Waals surface area contributed by atoms with Gasteiger partial charge in [-0.1, -0.05) is 18.2 Å². The van der Waals surface area contributed by atoms with E-state index in [0.717, 1.165) is 43.7 Å². The Morgan fingerprint density at radius 3 is 2.70 bits per heavy atom. The van der Waals surface area contributed by atoms with Crippen molar-refractivity contribution in [2.45, 2.75) is 25.3 Å². The number of rotatable bonds is 4. The van der Waals surface area contributed by atoms with Gasteiger partial charge < -0.3 is 5.11 Å². The summed E-state index contributed by atoms with van der Waals surface area (Å²) in [7, 11) is 0. The second-order valence-corrected chi connectivity index (χ2v) is 7.04. The number of benzene rings is 2. The molecule has 2 N–H and O–H groups in total. The molecule has 2 aromatic carbocycles. The summed E-state index contributed by atoms with van der Waals surface area (Å²) >= 11 is 0. The van der Waals surface area contributed by atoms with E-state index >= 15 is 0 Å². The normalized spacial score (nSPS) is 17.9. The van der Waals surface area contributed by atoms with Crippen molar-refractivity contribution in [3.05, 3.63) is 71.6 Å². The molecule has 0 amide bonds. The number of aromatic hydroxyl groups is 1. The van der Waals surface area contributed by atoms with E-state index in [0.29, 0.717) is 5.56 Å². The van der Waals surface area contributed by atoms with Gasteiger partial charge in [-0.15, -0.1) is 0 Å². The molecule has 0 radical (unpaired) electrons. The first-order valence-corrected chi connectivity index (χ1v) is 9.09. The number of hydrogen-bond donors (Lipinski definition) is 2. The minimum Gasteiger partial charge on any atom is -0.508 e. The number of aromatic amines is 1. The molecule has 4 nitrogen and oxygen atoms in total. The number of phenolic OH excluding ortho intramolecular Hbond substituents is 1. The number of hydrogen-bond acceptors (Lipinski definition) is 3. The van der Waals surface area contributed by atoms with Crippen molar-refractivity contribution in [3.63, 3.8) is 0 Å². The Hall–Kier alpha value is -2.73. The molecule has 140 valence electrons. The molecule has 2 heterocycles. The fourth-order valence-electron chi connectivity index (χ4n) is 3.91. The van der Waals surface area contributed by atoms with Crippen molar-refractivity contribution in [2.75, 3.05) is 13.1 Å². The molecule has 0 unspecified atom stereocenters. The van der Waals surface area contributed by atoms with Gasteiger partial charge in [-0.2, -0.15) is 5.10 Å². The number of nitrogens with one attached hydrogen (secondary N) is 1. The number of aromatic nitrogens is 2. The van der Waals surface area contributed by atoms with Gasteiger partial charge in [0.1, 0.15) is 17.4 Å². The summed E-state index contributed by atoms with van der Waals surface area (Å²) < 4.78 is 28.5. The van der Waals surface area contributed by atoms with Crippen molar-refractivity contribution < 1.29 is 13.9 Å². The zero-order chi connectivity index (χ0) is 18.8. The van der Waals surface area contributed by atoms with Gasteiger partial charge in [0.2, 0.25) is 0 Å². The van der Waals surface area contributed by atoms with Gasteiger partial charge >= 0.3 is 0 Å². The summed E-state index contributed by atoms with van der Waals surface area (Å²) in [6, 6.07) is 11.1. The monoisotopic (exact) mass is 369 g/mol. The van der Waals surface area contributed by atoms with Crippen LogP contribution in [0.5, 0.6) is 5.75 Å². The second kappa shape index (κ2) is 7.48. The maximum Gasteiger partial charge on any atom is 0.134 e. The van der Waals surface area contributed by atoms with Crippen LogP contribution in [0.4, 0.5) is 8.78 Å². The summed E-state index contributed by atoms with van der Waals surface area (Å²) in [5.74, 6) is -0.783. The molecule has 27 heavy (non-hydrogen) atoms. The summed E-state index contributed by atoms with van der Waals surface area (Å²) in [5.41, 5.74) is 2.29. The largest absolute Gasteiger partial charge is 0.508 e. The minimum atomic E-state index is -0.579. The molecule has 1 atom stereocenters. The number of H-pyrrole nitrogens is 1. The molecule has 1 fully saturated rings. The van der Waals surface area contributed by atoms with Gasteiger partial charge in [0.15, 0.2) is 0 Å². The van der Waals surface area contributed by atoms with E-state index in [2.05, 4.69) is 15.1 Å². The Bertz CT molecular complexity index is 920. The van der Waals surface area contributed by atoms with E-state index < -0.39 is 11.6 Å². The van der Waals surface area contributed by atoms with Crippen LogP contribution in [0.2, 0.25) is 0 Å². The predicted octanol–water partition coefficient (Wildman–Crippen LogP) is 4.44. The quantitative estimate of drug-likeness (QED) is 0.715. The summed E-state index contributed by atoms with van der Waals surface area (Å²) in [6.07, 6.45) is 3.43. The van der Waals surface area contributed by atoms with E-state index in [1.165, 1.54) is 24.4 Å². The van der Waals surface area contributed by atoms with Gasteiger partial charge in [0.05, 0.1) is 11.8 Å². The maximum atomic E-state index is 14.2. The number of phenols is 1. The lowest BCUT2D eigenvalue weighted by Gasteiger charge is -2.32. The molecule has 0 spiro atoms. The third kappa shape index (κ3) is 3.71. The number of nitrogens with zero attached hydrogens (tertiary/aromatic N) is 2. The number of likely N-dealkylation sites (tertiary alicyclic amines) is 1. The predicted molar refractivity (Wildman–Crippen MR) is 99.3 cm³/mol. The van der Waals surface area contributed by atoms with Crippen molar-refractivity contribution in [1.82, 2.24) is 15.1 Å². The van der Waals surface area contributed by atoms with Crippen LogP contribution in [-0.2, 0) is 6.54 Å². The van der Waals surface area contributed by atoms with Crippen LogP contribution in [0.15, 0.2) is 48.7 Å². The third-order valence-electron chi connectivity index (χ3n) is 5.13. The molecule has 4 rings (SSSR count). The van der Waals surface area contributed by atoms with Crippen molar-refractivity contribution in [2.24, 2.45) is 0 Å². The van der Waals surface area contributed by atoms with E-state index in [1.54, 1.807) is 12.1 Å². The second-order valence-electron chi connectivity index (χ2n) is 7.04. The van der Waals surface area contributed by atoms with E-state index in [9.17, 15) is 13.9 Å². The minimum absolute atomic E-state index is 0.0219. The average Bonchev–Trinajstić information content (AvgIpc) is 3.11. The lowest BCUT2D eigenvalue weighted by atomic mass is 9.90. The van der Waals surface area contributed by atoms with Crippen LogP contribution >= 0.6 is 0 Å². The first-order valence-electron chi connectivity index (χ1n) is 9.09. The molecule has 1 aliphatic heterocycles. The fourth-order valence-corrected chi connectivity index (χ4v) is 3.91. The number of piperidine rings is 1. The average molecular weight is 369 g/mol. The Kier molecular flexibility index (Phi) is 4.90. The Balaban J connectivity index is 1.57. The SMILES string of the molecule is Oc1cccc(CN2CCC[C@H](c3[nH]ncc3-c3c(F)cccc3F)C2)c1. The first-order chi connectivity index (χ1) is 13.1. The van der Waals surface area contributed by atoms with Crippen LogP contribution in [0.1, 0.15) is 30.0 Å². The Morgan fingerprint density at radius 1 is 1.15 bits per heavy atom. The van der Waals surface area contributed by atoms with Gasteiger partial charge in [0.25, 0.3) is 0 Å². The lowest BCUT2D eigenvalue weighted by Crippen LogP contribution is -2.34. The fraction of sp³-hybridized carbons (Fsp3) is 0.286. The lowest BCUT2D eigenvalue weighted by molar-refractivity contribution is 0.198. The van der Waals surface area contributed by atoms with Crippen molar-refractivity contribution in [3.8, 4) is 16.9 Å². The van der Waals surface area contributed by atoms with E-state index in [-0.39, 0.29) is 17.2 Å². The molecular weight excluding hydrogens is 348 g/mol. The van der Waals surface area contributed by atoms with Crippen molar-refractivity contribution in [1.29, 1.82) is 0 Å². The van der Waals surface area contributed by atoms with Crippen LogP contribution in [-0.4, -0.2) is 33.3 Å². The highest BCUT2D eigenvalue weighted by molar-refractivity contribution is 5.67. The molecule has 3 aromatic rings. The highest BCUT2D eigenvalue weighted by Gasteiger charge is 2.27. The molecule has 1 saturated heterocycles. The highest BCUT2D eigenvalue weighted by atomic mass is 19.1. The van der Waals surface area contributed by atoms with E-state index in [4.69, 9.17) is 0 Å². The van der Waals surface area contributed by atoms with Crippen LogP contribution < -0.4 is 0 Å². The van der Waals surface area contributed by atoms with Gasteiger partial charge in [-0.05, 0) is 49.2 Å². The highest BCUT2D eigenvalue weighted by Crippen LogP contribution is 2.35. The molecule has 0 saturated carbocycles. The Labute approximate surface area is 156 Å². The van der Waals surface area contributed by atoms with Crippen LogP contribution in [0.3, 0.4) is 0 Å². The van der Waals surface area contributed by atoms with Gasteiger partial charge in [0, 0.05) is 30.3 Å². The van der Waals surface area contributed by atoms with Crippen LogP contribution in [0.25, 0.3) is 11.1 Å². The zero-order valence-electron chi connectivity index (χ0n) is 14.8. The van der Waals surface area contributed by atoms with Crippen LogP contribution in [0, 0.1) is 11.6 Å². The first kappa shape index (κ1) is 17.7. The molecule has 1 aliphatic rings. The maximum absolute atomic E-state index is 14.2. The molecular formula is C21H21F2N3O. The van der Waals surface area contributed by atoms with Gasteiger partial charge in [-0.3, -0.25) is 10.00 Å². The van der Waals surface area contributed by atoms with Gasteiger partial charge in [-0.25, -0.2) is 8.78 Å². The smallest absolute Gasteiger partial charge is 0.134 e. The summed E-state index contributed by atoms with van der Waals surface area (Å²) in [4.78, 5) is 2.30. The summed E-state index contributed by atoms with van der Waals surface area (Å²) in [5, 5.41) is 16.7. The molecule has 1 aromatic heterocycles. The topological polar surface area (TPSA) is 52.1 Å². The van der Waals surface area contributed by atoms with E-state index in [1.807, 2.05) is 12.1 Å².